The lowest BCUT2D eigenvalue weighted by atomic mass is 10.1. The zero-order valence-corrected chi connectivity index (χ0v) is 69.5. The van der Waals surface area contributed by atoms with Gasteiger partial charge in [0.25, 0.3) is 0 Å². The number of hydrogen-bond donors (Lipinski definition) is 3. The molecular formula is C74H132N8O24. The molecule has 106 heavy (non-hydrogen) atoms. The Morgan fingerprint density at radius 1 is 0.255 bits per heavy atom. The monoisotopic (exact) mass is 1520 g/mol. The number of esters is 10. The van der Waals surface area contributed by atoms with Crippen molar-refractivity contribution < 1.29 is 115 Å². The lowest BCUT2D eigenvalue weighted by Gasteiger charge is -2.36. The van der Waals surface area contributed by atoms with Gasteiger partial charge < -0.3 is 63.1 Å². The molecule has 0 aliphatic rings. The van der Waals surface area contributed by atoms with Gasteiger partial charge in [-0.15, -0.1) is 0 Å². The molecule has 612 valence electrons. The predicted molar refractivity (Wildman–Crippen MR) is 392 cm³/mol. The summed E-state index contributed by atoms with van der Waals surface area (Å²) in [6.07, 6.45) is 0. The number of carboxylic acid groups (broad SMARTS) is 1. The molecule has 0 bridgehead atoms. The Morgan fingerprint density at radius 3 is 0.566 bits per heavy atom. The highest BCUT2D eigenvalue weighted by molar-refractivity contribution is 5.87. The van der Waals surface area contributed by atoms with E-state index in [4.69, 9.17) is 47.4 Å². The van der Waals surface area contributed by atoms with E-state index in [1.54, 1.807) is 208 Å². The van der Waals surface area contributed by atoms with Crippen molar-refractivity contribution in [1.82, 2.24) is 40.0 Å². The molecule has 2 amide bonds. The lowest BCUT2D eigenvalue weighted by Crippen LogP contribution is -2.59. The van der Waals surface area contributed by atoms with E-state index in [0.29, 0.717) is 0 Å². The number of ether oxygens (including phenoxy) is 10. The maximum absolute atomic E-state index is 15.4. The minimum absolute atomic E-state index is 0.193. The van der Waals surface area contributed by atoms with Crippen molar-refractivity contribution in [2.75, 3.05) is 118 Å². The molecule has 0 aromatic heterocycles. The molecule has 0 spiro atoms. The molecule has 32 heteroatoms. The number of amides is 2. The molecule has 0 aliphatic heterocycles. The van der Waals surface area contributed by atoms with E-state index in [1.807, 2.05) is 0 Å². The van der Waals surface area contributed by atoms with Gasteiger partial charge >= 0.3 is 65.7 Å². The van der Waals surface area contributed by atoms with Crippen LogP contribution in [0.4, 0.5) is 0 Å². The Morgan fingerprint density at radius 2 is 0.406 bits per heavy atom. The van der Waals surface area contributed by atoms with Crippen molar-refractivity contribution in [2.45, 2.75) is 276 Å². The van der Waals surface area contributed by atoms with E-state index in [0.717, 1.165) is 9.80 Å². The third kappa shape index (κ3) is 52.0. The van der Waals surface area contributed by atoms with Crippen molar-refractivity contribution in [3.8, 4) is 0 Å². The summed E-state index contributed by atoms with van der Waals surface area (Å²) in [6, 6.07) is -3.43. The van der Waals surface area contributed by atoms with Crippen molar-refractivity contribution in [2.24, 2.45) is 5.92 Å². The smallest absolute Gasteiger partial charge is 0.320 e. The number of carboxylic acids is 1. The number of rotatable bonds is 39. The van der Waals surface area contributed by atoms with Gasteiger partial charge in [-0.3, -0.25) is 91.7 Å². The summed E-state index contributed by atoms with van der Waals surface area (Å²) in [7, 11) is 0. The van der Waals surface area contributed by atoms with Gasteiger partial charge in [0, 0.05) is 52.4 Å². The Kier molecular flexibility index (Phi) is 38.7. The second-order valence-electron chi connectivity index (χ2n) is 36.1. The standard InChI is InChI=1S/C74H132N8O24/c1-65(2,3)97-52(83)39-77(31-33-79(41-54(85)99-67(7,8)9)42-55(86)100-68(10,11)12)37-50(81(45-58(89)103-71(19,20)21)46-59(90)104-72(22,23)24)62(93)75-35-49(64(95)96)36-76-63(94)51(82(47-60(91)105-73(25,26)27)48-61(92)106-74(28,29)30)38-78(40-53(84)98-66(4,5)6)32-34-80(43-56(87)101-69(13,14)15)44-57(88)102-70(16,17)18/h49-51H,31-48H2,1-30H3,(H,75,93)(H,76,94)(H,95,96)/t50-,51-/m0/s1. The van der Waals surface area contributed by atoms with Crippen LogP contribution in [0.25, 0.3) is 0 Å². The Hall–Kier alpha value is -7.13. The fourth-order valence-electron chi connectivity index (χ4n) is 9.66. The summed E-state index contributed by atoms with van der Waals surface area (Å²) in [5.74, 6) is -13.6. The molecule has 0 heterocycles. The van der Waals surface area contributed by atoms with Crippen molar-refractivity contribution in [3.63, 3.8) is 0 Å². The summed E-state index contributed by atoms with van der Waals surface area (Å²) < 4.78 is 56.7. The zero-order chi connectivity index (χ0) is 82.9. The fraction of sp³-hybridized carbons (Fsp3) is 0.824. The van der Waals surface area contributed by atoms with Crippen molar-refractivity contribution >= 4 is 77.5 Å². The number of aliphatic carboxylic acids is 1. The van der Waals surface area contributed by atoms with Gasteiger partial charge in [-0.1, -0.05) is 0 Å². The summed E-state index contributed by atoms with van der Waals surface area (Å²) in [6.45, 7) is 38.9. The van der Waals surface area contributed by atoms with Crippen LogP contribution in [0.2, 0.25) is 0 Å². The van der Waals surface area contributed by atoms with Gasteiger partial charge in [0.2, 0.25) is 11.8 Å². The molecule has 32 nitrogen and oxygen atoms in total. The molecule has 0 rings (SSSR count). The van der Waals surface area contributed by atoms with Crippen LogP contribution in [0, 0.1) is 5.92 Å². The number of nitrogens with one attached hydrogen (secondary N) is 2. The topological polar surface area (TPSA) is 378 Å². The van der Waals surface area contributed by atoms with E-state index >= 15 is 9.59 Å². The first kappa shape index (κ1) is 98.9. The summed E-state index contributed by atoms with van der Waals surface area (Å²) in [5, 5.41) is 16.2. The third-order valence-electron chi connectivity index (χ3n) is 12.9. The van der Waals surface area contributed by atoms with Crippen molar-refractivity contribution in [3.05, 3.63) is 0 Å². The minimum atomic E-state index is -1.75. The summed E-state index contributed by atoms with van der Waals surface area (Å²) >= 11 is 0. The quantitative estimate of drug-likeness (QED) is 0.0545. The van der Waals surface area contributed by atoms with Crippen molar-refractivity contribution in [1.29, 1.82) is 0 Å². The molecule has 0 aliphatic carbocycles. The predicted octanol–water partition coefficient (Wildman–Crippen LogP) is 4.89. The molecule has 0 fully saturated rings. The van der Waals surface area contributed by atoms with Gasteiger partial charge in [0.15, 0.2) is 0 Å². The van der Waals surface area contributed by atoms with Crippen LogP contribution in [0.15, 0.2) is 0 Å². The molecular weight excluding hydrogens is 1380 g/mol. The van der Waals surface area contributed by atoms with E-state index in [-0.39, 0.29) is 26.2 Å². The molecule has 0 radical (unpaired) electrons. The fourth-order valence-corrected chi connectivity index (χ4v) is 9.66. The lowest BCUT2D eigenvalue weighted by molar-refractivity contribution is -0.164. The van der Waals surface area contributed by atoms with Gasteiger partial charge in [0.05, 0.1) is 71.4 Å². The minimum Gasteiger partial charge on any atom is -0.481 e. The first-order chi connectivity index (χ1) is 47.4. The third-order valence-corrected chi connectivity index (χ3v) is 12.9. The van der Waals surface area contributed by atoms with Gasteiger partial charge in [-0.25, -0.2) is 0 Å². The molecule has 2 atom stereocenters. The first-order valence-corrected chi connectivity index (χ1v) is 35.8. The molecule has 3 N–H and O–H groups in total. The second kappa shape index (κ2) is 41.4. The highest BCUT2D eigenvalue weighted by Crippen LogP contribution is 2.20. The van der Waals surface area contributed by atoms with Gasteiger partial charge in [-0.2, -0.15) is 0 Å². The SMILES string of the molecule is CC(C)(C)OC(=O)CN(CCN(CC(=O)OC(C)(C)C)C[C@@H](C(=O)NCC(CNC(=O)[C@H](CN(CCN(CC(=O)OC(C)(C)C)CC(=O)OC(C)(C)C)CC(=O)OC(C)(C)C)N(CC(=O)OC(C)(C)C)CC(=O)OC(C)(C)C)C(=O)O)N(CC(=O)OC(C)(C)C)CC(=O)OC(C)(C)C)CC(=O)OC(C)(C)C. The van der Waals surface area contributed by atoms with Crippen LogP contribution in [0.3, 0.4) is 0 Å². The van der Waals surface area contributed by atoms with E-state index in [2.05, 4.69) is 10.6 Å². The Labute approximate surface area is 629 Å². The van der Waals surface area contributed by atoms with E-state index in [9.17, 15) is 57.8 Å². The van der Waals surface area contributed by atoms with Crippen LogP contribution >= 0.6 is 0 Å². The molecule has 0 saturated carbocycles. The Bertz CT molecular complexity index is 2630. The average Bonchev–Trinajstić information content (AvgIpc) is 0.840. The van der Waals surface area contributed by atoms with Crippen LogP contribution in [-0.4, -0.2) is 298 Å². The summed E-state index contributed by atoms with van der Waals surface area (Å²) in [5.41, 5.74) is -10.3. The molecule has 0 saturated heterocycles. The van der Waals surface area contributed by atoms with Crippen LogP contribution in [0.5, 0.6) is 0 Å². The molecule has 0 aromatic rings. The molecule has 0 unspecified atom stereocenters. The highest BCUT2D eigenvalue weighted by atomic mass is 16.6. The number of carbonyl (C=O) groups is 13. The highest BCUT2D eigenvalue weighted by Gasteiger charge is 2.39. The number of nitrogens with zero attached hydrogens (tertiary/aromatic N) is 6. The normalized spacial score (nSPS) is 13.6. The van der Waals surface area contributed by atoms with Crippen LogP contribution in [0.1, 0.15) is 208 Å². The summed E-state index contributed by atoms with van der Waals surface area (Å²) in [4.78, 5) is 190. The van der Waals surface area contributed by atoms with Crippen LogP contribution < -0.4 is 10.6 Å². The Balaban J connectivity index is 8.64. The van der Waals surface area contributed by atoms with Gasteiger partial charge in [-0.05, 0) is 208 Å². The maximum Gasteiger partial charge on any atom is 0.320 e. The molecule has 0 aromatic carbocycles. The van der Waals surface area contributed by atoms with E-state index in [1.165, 1.54) is 19.6 Å². The zero-order valence-electron chi connectivity index (χ0n) is 69.5. The number of hydrogen-bond acceptors (Lipinski definition) is 29. The second-order valence-corrected chi connectivity index (χ2v) is 36.1. The largest absolute Gasteiger partial charge is 0.481 e. The average molecular weight is 1520 g/mol. The van der Waals surface area contributed by atoms with Crippen LogP contribution in [-0.2, 0) is 110 Å². The van der Waals surface area contributed by atoms with Gasteiger partial charge in [0.1, 0.15) is 68.1 Å². The maximum atomic E-state index is 15.4. The first-order valence-electron chi connectivity index (χ1n) is 35.8. The number of carbonyl (C=O) groups excluding carboxylic acids is 12. The van der Waals surface area contributed by atoms with E-state index < -0.39 is 243 Å².